The van der Waals surface area contributed by atoms with Gasteiger partial charge in [0.25, 0.3) is 0 Å². The summed E-state index contributed by atoms with van der Waals surface area (Å²) in [4.78, 5) is 15.7. The van der Waals surface area contributed by atoms with E-state index in [0.717, 1.165) is 11.1 Å². The number of rotatable bonds is 9. The lowest BCUT2D eigenvalue weighted by molar-refractivity contribution is -0.142. The van der Waals surface area contributed by atoms with E-state index < -0.39 is 5.82 Å². The number of anilines is 1. The summed E-state index contributed by atoms with van der Waals surface area (Å²) in [5, 5.41) is 6.59. The summed E-state index contributed by atoms with van der Waals surface area (Å²) in [7, 11) is 0. The van der Waals surface area contributed by atoms with Crippen LogP contribution in [-0.4, -0.2) is 23.8 Å². The van der Waals surface area contributed by atoms with Crippen LogP contribution in [0.15, 0.2) is 52.9 Å². The van der Waals surface area contributed by atoms with Gasteiger partial charge in [0.2, 0.25) is 5.13 Å². The minimum Gasteiger partial charge on any atom is -0.489 e. The first kappa shape index (κ1) is 21.7. The summed E-state index contributed by atoms with van der Waals surface area (Å²) in [5.41, 5.74) is 5.12. The minimum absolute atomic E-state index is 0.0726. The highest BCUT2D eigenvalue weighted by Crippen LogP contribution is 2.19. The number of nitrogens with one attached hydrogen (secondary N) is 1. The number of carbonyl (C=O) groups is 1. The fourth-order valence-corrected chi connectivity index (χ4v) is 3.27. The zero-order chi connectivity index (χ0) is 21.3. The average Bonchev–Trinajstić information content (AvgIpc) is 3.17. The van der Waals surface area contributed by atoms with Crippen molar-refractivity contribution in [3.8, 4) is 5.75 Å². The summed E-state index contributed by atoms with van der Waals surface area (Å²) in [6.07, 6.45) is 1.79. The van der Waals surface area contributed by atoms with Gasteiger partial charge in [-0.05, 0) is 54.4 Å². The number of hydrogen-bond donors (Lipinski definition) is 1. The highest BCUT2D eigenvalue weighted by atomic mass is 35.5. The van der Waals surface area contributed by atoms with Gasteiger partial charge in [-0.15, -0.1) is 11.3 Å². The topological polar surface area (TPSA) is 72.8 Å². The molecule has 0 radical (unpaired) electrons. The zero-order valence-electron chi connectivity index (χ0n) is 16.1. The molecule has 30 heavy (non-hydrogen) atoms. The van der Waals surface area contributed by atoms with Crippen molar-refractivity contribution in [2.24, 2.45) is 5.10 Å². The van der Waals surface area contributed by atoms with Gasteiger partial charge in [-0.2, -0.15) is 5.10 Å². The highest BCUT2D eigenvalue weighted by molar-refractivity contribution is 7.13. The Morgan fingerprint density at radius 2 is 2.10 bits per heavy atom. The van der Waals surface area contributed by atoms with Crippen LogP contribution in [0.5, 0.6) is 5.75 Å². The van der Waals surface area contributed by atoms with Gasteiger partial charge in [-0.25, -0.2) is 9.37 Å². The van der Waals surface area contributed by atoms with Crippen molar-refractivity contribution in [2.75, 3.05) is 12.0 Å². The summed E-state index contributed by atoms with van der Waals surface area (Å²) in [6, 6.07) is 11.8. The third-order valence-electron chi connectivity index (χ3n) is 3.83. The van der Waals surface area contributed by atoms with Crippen LogP contribution in [0, 0.1) is 5.82 Å². The number of carbonyl (C=O) groups excluding carboxylic acids is 1. The van der Waals surface area contributed by atoms with E-state index in [1.54, 1.807) is 30.7 Å². The molecular formula is C21H19ClFN3O3S. The Morgan fingerprint density at radius 3 is 2.83 bits per heavy atom. The van der Waals surface area contributed by atoms with Gasteiger partial charge in [0, 0.05) is 5.38 Å². The van der Waals surface area contributed by atoms with E-state index >= 15 is 0 Å². The minimum atomic E-state index is -0.453. The van der Waals surface area contributed by atoms with Gasteiger partial charge in [0.15, 0.2) is 0 Å². The average molecular weight is 448 g/mol. The molecule has 1 heterocycles. The van der Waals surface area contributed by atoms with Crippen LogP contribution >= 0.6 is 22.9 Å². The van der Waals surface area contributed by atoms with Crippen molar-refractivity contribution in [1.29, 1.82) is 0 Å². The quantitative estimate of drug-likeness (QED) is 0.282. The van der Waals surface area contributed by atoms with Crippen LogP contribution in [-0.2, 0) is 22.6 Å². The lowest BCUT2D eigenvalue weighted by Crippen LogP contribution is -2.07. The molecule has 0 amide bonds. The largest absolute Gasteiger partial charge is 0.489 e. The summed E-state index contributed by atoms with van der Waals surface area (Å²) >= 11 is 7.13. The molecule has 9 heteroatoms. The van der Waals surface area contributed by atoms with Crippen molar-refractivity contribution >= 4 is 40.3 Å². The van der Waals surface area contributed by atoms with E-state index in [2.05, 4.69) is 15.5 Å². The maximum Gasteiger partial charge on any atom is 0.311 e. The molecule has 0 aliphatic rings. The maximum atomic E-state index is 13.2. The number of esters is 1. The SMILES string of the molecule is CCOC(=O)Cc1csc(NN=Cc2ccc(OCc3ccc(F)c(Cl)c3)cc2)n1. The molecule has 0 bridgehead atoms. The van der Waals surface area contributed by atoms with Gasteiger partial charge in [0.05, 0.1) is 30.0 Å². The van der Waals surface area contributed by atoms with Crippen molar-refractivity contribution < 1.29 is 18.7 Å². The number of thiazole rings is 1. The van der Waals surface area contributed by atoms with Crippen LogP contribution < -0.4 is 10.2 Å². The molecule has 156 valence electrons. The van der Waals surface area contributed by atoms with Crippen LogP contribution in [0.4, 0.5) is 9.52 Å². The molecular weight excluding hydrogens is 429 g/mol. The van der Waals surface area contributed by atoms with E-state index in [-0.39, 0.29) is 24.0 Å². The predicted octanol–water partition coefficient (Wildman–Crippen LogP) is 5.07. The number of benzene rings is 2. The number of aromatic nitrogens is 1. The van der Waals surface area contributed by atoms with Crippen LogP contribution in [0.2, 0.25) is 5.02 Å². The standard InChI is InChI=1S/C21H19ClFN3O3S/c1-2-28-20(27)10-16-13-30-21(25-16)26-24-11-14-3-6-17(7-4-14)29-12-15-5-8-19(23)18(22)9-15/h3-9,11,13H,2,10,12H2,1H3,(H,25,26). The molecule has 6 nitrogen and oxygen atoms in total. The molecule has 0 saturated carbocycles. The van der Waals surface area contributed by atoms with E-state index in [1.165, 1.54) is 17.4 Å². The zero-order valence-corrected chi connectivity index (χ0v) is 17.7. The number of halogens is 2. The lowest BCUT2D eigenvalue weighted by atomic mass is 10.2. The summed E-state index contributed by atoms with van der Waals surface area (Å²) in [6.45, 7) is 2.40. The Balaban J connectivity index is 1.48. The normalized spacial score (nSPS) is 10.9. The molecule has 0 aliphatic heterocycles. The molecule has 0 spiro atoms. The molecule has 3 rings (SSSR count). The van der Waals surface area contributed by atoms with Gasteiger partial charge < -0.3 is 9.47 Å². The van der Waals surface area contributed by atoms with Crippen LogP contribution in [0.3, 0.4) is 0 Å². The second-order valence-electron chi connectivity index (χ2n) is 6.10. The highest BCUT2D eigenvalue weighted by Gasteiger charge is 2.08. The molecule has 0 fully saturated rings. The Labute approximate surface area is 182 Å². The van der Waals surface area contributed by atoms with E-state index in [9.17, 15) is 9.18 Å². The molecule has 1 aromatic heterocycles. The monoisotopic (exact) mass is 447 g/mol. The molecule has 1 N–H and O–H groups in total. The fourth-order valence-electron chi connectivity index (χ4n) is 2.41. The predicted molar refractivity (Wildman–Crippen MR) is 116 cm³/mol. The van der Waals surface area contributed by atoms with Crippen molar-refractivity contribution in [1.82, 2.24) is 4.98 Å². The number of ether oxygens (including phenoxy) is 2. The van der Waals surface area contributed by atoms with Crippen LogP contribution in [0.25, 0.3) is 0 Å². The van der Waals surface area contributed by atoms with Gasteiger partial charge in [-0.1, -0.05) is 17.7 Å². The first-order valence-electron chi connectivity index (χ1n) is 9.09. The van der Waals surface area contributed by atoms with Gasteiger partial charge >= 0.3 is 5.97 Å². The van der Waals surface area contributed by atoms with E-state index in [4.69, 9.17) is 21.1 Å². The second kappa shape index (κ2) is 10.7. The summed E-state index contributed by atoms with van der Waals surface area (Å²) in [5.74, 6) is -0.0857. The number of hydrogen-bond acceptors (Lipinski definition) is 7. The van der Waals surface area contributed by atoms with Crippen molar-refractivity contribution in [3.63, 3.8) is 0 Å². The molecule has 0 unspecified atom stereocenters. The smallest absolute Gasteiger partial charge is 0.311 e. The van der Waals surface area contributed by atoms with Crippen molar-refractivity contribution in [2.45, 2.75) is 20.0 Å². The number of nitrogens with zero attached hydrogens (tertiary/aromatic N) is 2. The Bertz CT molecular complexity index is 1020. The first-order chi connectivity index (χ1) is 14.5. The van der Waals surface area contributed by atoms with Crippen LogP contribution in [0.1, 0.15) is 23.7 Å². The molecule has 2 aromatic carbocycles. The molecule has 3 aromatic rings. The Kier molecular flexibility index (Phi) is 7.75. The van der Waals surface area contributed by atoms with E-state index in [1.807, 2.05) is 24.3 Å². The third kappa shape index (κ3) is 6.53. The second-order valence-corrected chi connectivity index (χ2v) is 7.37. The Hall–Kier alpha value is -2.97. The maximum absolute atomic E-state index is 13.2. The third-order valence-corrected chi connectivity index (χ3v) is 4.91. The summed E-state index contributed by atoms with van der Waals surface area (Å²) < 4.78 is 23.8. The first-order valence-corrected chi connectivity index (χ1v) is 10.3. The number of hydrazone groups is 1. The lowest BCUT2D eigenvalue weighted by Gasteiger charge is -2.07. The van der Waals surface area contributed by atoms with Crippen molar-refractivity contribution in [3.05, 3.63) is 75.5 Å². The van der Waals surface area contributed by atoms with Gasteiger partial charge in [-0.3, -0.25) is 10.2 Å². The molecule has 0 aliphatic carbocycles. The Morgan fingerprint density at radius 1 is 1.30 bits per heavy atom. The molecule has 0 saturated heterocycles. The fraction of sp³-hybridized carbons (Fsp3) is 0.190. The molecule has 0 atom stereocenters. The van der Waals surface area contributed by atoms with Gasteiger partial charge in [0.1, 0.15) is 18.2 Å². The van der Waals surface area contributed by atoms with E-state index in [0.29, 0.717) is 23.2 Å².